The lowest BCUT2D eigenvalue weighted by Crippen LogP contribution is -2.07. The number of carboxylic acid groups (broad SMARTS) is 1. The van der Waals surface area contributed by atoms with Gasteiger partial charge in [-0.1, -0.05) is 31.2 Å². The van der Waals surface area contributed by atoms with Gasteiger partial charge in [-0.2, -0.15) is 12.6 Å². The van der Waals surface area contributed by atoms with Gasteiger partial charge >= 0.3 is 5.97 Å². The van der Waals surface area contributed by atoms with E-state index in [9.17, 15) is 4.79 Å². The van der Waals surface area contributed by atoms with Gasteiger partial charge in [-0.15, -0.1) is 0 Å². The number of rotatable bonds is 4. The van der Waals surface area contributed by atoms with Crippen LogP contribution in [0, 0.1) is 0 Å². The number of thiol groups is 1. The molecular weight excluding hydrogens is 208 g/mol. The molecule has 15 heavy (non-hydrogen) atoms. The van der Waals surface area contributed by atoms with Gasteiger partial charge in [-0.05, 0) is 24.5 Å². The summed E-state index contributed by atoms with van der Waals surface area (Å²) in [6.45, 7) is 3.73. The Morgan fingerprint density at radius 1 is 1.33 bits per heavy atom. The van der Waals surface area contributed by atoms with Gasteiger partial charge in [0, 0.05) is 5.25 Å². The van der Waals surface area contributed by atoms with E-state index >= 15 is 0 Å². The molecule has 1 rings (SSSR count). The lowest BCUT2D eigenvalue weighted by atomic mass is 9.99. The minimum Gasteiger partial charge on any atom is -0.481 e. The maximum Gasteiger partial charge on any atom is 0.310 e. The molecule has 0 spiro atoms. The number of aliphatic carboxylic acids is 1. The molecule has 0 aliphatic heterocycles. The summed E-state index contributed by atoms with van der Waals surface area (Å²) in [5.41, 5.74) is 2.04. The Hall–Kier alpha value is -0.960. The van der Waals surface area contributed by atoms with E-state index in [4.69, 9.17) is 5.11 Å². The summed E-state index contributed by atoms with van der Waals surface area (Å²) in [5.74, 6) is -1.22. The van der Waals surface area contributed by atoms with E-state index in [0.29, 0.717) is 5.25 Å². The van der Waals surface area contributed by atoms with Gasteiger partial charge in [0.25, 0.3) is 0 Å². The van der Waals surface area contributed by atoms with Crippen LogP contribution in [0.2, 0.25) is 0 Å². The molecule has 2 atom stereocenters. The fraction of sp³-hybridized carbons (Fsp3) is 0.417. The van der Waals surface area contributed by atoms with Crippen LogP contribution in [0.4, 0.5) is 0 Å². The number of hydrogen-bond acceptors (Lipinski definition) is 2. The number of carboxylic acids is 1. The molecule has 0 aromatic heterocycles. The van der Waals surface area contributed by atoms with E-state index in [1.54, 1.807) is 6.92 Å². The SMILES string of the molecule is CC(S)Cc1ccc(C(C)C(=O)O)cc1. The Morgan fingerprint density at radius 3 is 2.27 bits per heavy atom. The van der Waals surface area contributed by atoms with Crippen LogP contribution in [0.1, 0.15) is 30.9 Å². The van der Waals surface area contributed by atoms with Gasteiger partial charge < -0.3 is 5.11 Å². The molecule has 1 aromatic carbocycles. The molecule has 0 saturated heterocycles. The van der Waals surface area contributed by atoms with Crippen molar-refractivity contribution >= 4 is 18.6 Å². The summed E-state index contributed by atoms with van der Waals surface area (Å²) < 4.78 is 0. The maximum absolute atomic E-state index is 10.8. The van der Waals surface area contributed by atoms with Gasteiger partial charge in [0.05, 0.1) is 5.92 Å². The standard InChI is InChI=1S/C12H16O2S/c1-8(15)7-10-3-5-11(6-4-10)9(2)12(13)14/h3-6,8-9,15H,7H2,1-2H3,(H,13,14). The highest BCUT2D eigenvalue weighted by Gasteiger charge is 2.12. The molecule has 1 N–H and O–H groups in total. The van der Waals surface area contributed by atoms with Gasteiger partial charge in [-0.3, -0.25) is 4.79 Å². The number of carbonyl (C=O) groups is 1. The number of hydrogen-bond donors (Lipinski definition) is 2. The van der Waals surface area contributed by atoms with Crippen molar-refractivity contribution in [1.29, 1.82) is 0 Å². The average molecular weight is 224 g/mol. The first-order valence-electron chi connectivity index (χ1n) is 5.00. The summed E-state index contributed by atoms with van der Waals surface area (Å²) in [6.07, 6.45) is 0.908. The third-order valence-corrected chi connectivity index (χ3v) is 2.56. The van der Waals surface area contributed by atoms with Crippen LogP contribution in [0.3, 0.4) is 0 Å². The van der Waals surface area contributed by atoms with Gasteiger partial charge in [-0.25, -0.2) is 0 Å². The van der Waals surface area contributed by atoms with Crippen molar-refractivity contribution in [1.82, 2.24) is 0 Å². The highest BCUT2D eigenvalue weighted by molar-refractivity contribution is 7.80. The third kappa shape index (κ3) is 3.59. The molecule has 0 amide bonds. The first-order valence-corrected chi connectivity index (χ1v) is 5.52. The lowest BCUT2D eigenvalue weighted by Gasteiger charge is -2.08. The van der Waals surface area contributed by atoms with E-state index in [1.807, 2.05) is 31.2 Å². The molecule has 0 fully saturated rings. The first kappa shape index (κ1) is 12.1. The first-order chi connectivity index (χ1) is 7.00. The van der Waals surface area contributed by atoms with Crippen molar-refractivity contribution in [2.45, 2.75) is 31.4 Å². The smallest absolute Gasteiger partial charge is 0.310 e. The van der Waals surface area contributed by atoms with Crippen molar-refractivity contribution in [3.63, 3.8) is 0 Å². The van der Waals surface area contributed by atoms with Crippen LogP contribution in [0.5, 0.6) is 0 Å². The Kier molecular flexibility index (Phi) is 4.21. The van der Waals surface area contributed by atoms with E-state index < -0.39 is 11.9 Å². The quantitative estimate of drug-likeness (QED) is 0.772. The molecule has 0 saturated carbocycles. The average Bonchev–Trinajstić information content (AvgIpc) is 2.17. The van der Waals surface area contributed by atoms with Crippen LogP contribution in [-0.2, 0) is 11.2 Å². The predicted molar refractivity (Wildman–Crippen MR) is 64.6 cm³/mol. The minimum atomic E-state index is -0.787. The Balaban J connectivity index is 2.76. The van der Waals surface area contributed by atoms with Crippen LogP contribution >= 0.6 is 12.6 Å². The normalized spacial score (nSPS) is 14.6. The van der Waals surface area contributed by atoms with E-state index in [0.717, 1.165) is 12.0 Å². The van der Waals surface area contributed by atoms with Crippen molar-refractivity contribution in [2.75, 3.05) is 0 Å². The summed E-state index contributed by atoms with van der Waals surface area (Å²) in [6, 6.07) is 7.71. The van der Waals surface area contributed by atoms with Crippen molar-refractivity contribution < 1.29 is 9.90 Å². The molecule has 2 unspecified atom stereocenters. The van der Waals surface area contributed by atoms with Crippen LogP contribution < -0.4 is 0 Å². The molecule has 0 radical (unpaired) electrons. The predicted octanol–water partition coefficient (Wildman–Crippen LogP) is 2.74. The fourth-order valence-corrected chi connectivity index (χ4v) is 1.64. The molecule has 82 valence electrons. The zero-order chi connectivity index (χ0) is 11.4. The molecule has 0 heterocycles. The molecular formula is C12H16O2S. The second kappa shape index (κ2) is 5.21. The van der Waals surface area contributed by atoms with Crippen molar-refractivity contribution in [3.8, 4) is 0 Å². The van der Waals surface area contributed by atoms with E-state index in [2.05, 4.69) is 12.6 Å². The highest BCUT2D eigenvalue weighted by atomic mass is 32.1. The Labute approximate surface area is 95.7 Å². The zero-order valence-corrected chi connectivity index (χ0v) is 9.87. The lowest BCUT2D eigenvalue weighted by molar-refractivity contribution is -0.138. The molecule has 3 heteroatoms. The van der Waals surface area contributed by atoms with Crippen molar-refractivity contribution in [2.24, 2.45) is 0 Å². The summed E-state index contributed by atoms with van der Waals surface area (Å²) in [7, 11) is 0. The topological polar surface area (TPSA) is 37.3 Å². The van der Waals surface area contributed by atoms with Gasteiger partial charge in [0.15, 0.2) is 0 Å². The maximum atomic E-state index is 10.8. The third-order valence-electron chi connectivity index (χ3n) is 2.38. The highest BCUT2D eigenvalue weighted by Crippen LogP contribution is 2.17. The van der Waals surface area contributed by atoms with Crippen LogP contribution in [0.25, 0.3) is 0 Å². The molecule has 2 nitrogen and oxygen atoms in total. The summed E-state index contributed by atoms with van der Waals surface area (Å²) in [4.78, 5) is 10.8. The summed E-state index contributed by atoms with van der Waals surface area (Å²) >= 11 is 4.31. The second-order valence-electron chi connectivity index (χ2n) is 3.85. The summed E-state index contributed by atoms with van der Waals surface area (Å²) in [5, 5.41) is 9.16. The molecule has 0 bridgehead atoms. The van der Waals surface area contributed by atoms with Gasteiger partial charge in [0.1, 0.15) is 0 Å². The second-order valence-corrected chi connectivity index (χ2v) is 4.74. The largest absolute Gasteiger partial charge is 0.481 e. The van der Waals surface area contributed by atoms with Crippen LogP contribution in [0.15, 0.2) is 24.3 Å². The molecule has 0 aliphatic carbocycles. The fourth-order valence-electron chi connectivity index (χ4n) is 1.43. The van der Waals surface area contributed by atoms with E-state index in [-0.39, 0.29) is 0 Å². The zero-order valence-electron chi connectivity index (χ0n) is 8.97. The molecule has 1 aromatic rings. The van der Waals surface area contributed by atoms with E-state index in [1.165, 1.54) is 5.56 Å². The minimum absolute atomic E-state index is 0.327. The van der Waals surface area contributed by atoms with Crippen LogP contribution in [-0.4, -0.2) is 16.3 Å². The molecule has 0 aliphatic rings. The van der Waals surface area contributed by atoms with Gasteiger partial charge in [0.2, 0.25) is 0 Å². The monoisotopic (exact) mass is 224 g/mol. The number of benzene rings is 1. The van der Waals surface area contributed by atoms with Crippen molar-refractivity contribution in [3.05, 3.63) is 35.4 Å². The Morgan fingerprint density at radius 2 is 1.87 bits per heavy atom. The Bertz CT molecular complexity index is 330.